The molecular formula is C13H25N3O2. The van der Waals surface area contributed by atoms with Crippen molar-refractivity contribution in [2.45, 2.75) is 51.5 Å². The molecule has 0 aromatic heterocycles. The average molecular weight is 255 g/mol. The number of hydrogen-bond acceptors (Lipinski definition) is 3. The summed E-state index contributed by atoms with van der Waals surface area (Å²) >= 11 is 0. The predicted molar refractivity (Wildman–Crippen MR) is 74.6 cm³/mol. The van der Waals surface area contributed by atoms with E-state index in [1.807, 2.05) is 12.2 Å². The van der Waals surface area contributed by atoms with Gasteiger partial charge in [0, 0.05) is 6.42 Å². The highest BCUT2D eigenvalue weighted by atomic mass is 16.4. The van der Waals surface area contributed by atoms with Crippen molar-refractivity contribution in [2.24, 2.45) is 16.5 Å². The van der Waals surface area contributed by atoms with E-state index < -0.39 is 12.0 Å². The Kier molecular flexibility index (Phi) is 9.96. The lowest BCUT2D eigenvalue weighted by Gasteiger charge is -2.08. The van der Waals surface area contributed by atoms with E-state index in [2.05, 4.69) is 11.9 Å². The average Bonchev–Trinajstić information content (AvgIpc) is 2.33. The lowest BCUT2D eigenvalue weighted by Crippen LogP contribution is -2.23. The van der Waals surface area contributed by atoms with Crippen LogP contribution in [0.1, 0.15) is 45.4 Å². The fraction of sp³-hybridized carbons (Fsp3) is 0.692. The Hall–Kier alpha value is -1.36. The van der Waals surface area contributed by atoms with Crippen molar-refractivity contribution in [1.29, 1.82) is 0 Å². The van der Waals surface area contributed by atoms with E-state index in [0.29, 0.717) is 25.2 Å². The summed E-state index contributed by atoms with van der Waals surface area (Å²) in [5.41, 5.74) is 11.1. The molecular weight excluding hydrogens is 230 g/mol. The van der Waals surface area contributed by atoms with Crippen LogP contribution in [-0.2, 0) is 4.79 Å². The van der Waals surface area contributed by atoms with E-state index in [9.17, 15) is 4.79 Å². The zero-order chi connectivity index (χ0) is 13.8. The largest absolute Gasteiger partial charge is 0.480 e. The standard InChI is InChI=1S/C13H25N3O2/c1-2-3-4-5-9-12(15)16-11(13(17)18)8-6-7-10-14/h4-5,11H,2-3,6-10,14H2,1H3,(H2,15,16)(H,17,18)/t11-/m0/s1. The van der Waals surface area contributed by atoms with Gasteiger partial charge in [0.2, 0.25) is 0 Å². The first-order valence-corrected chi connectivity index (χ1v) is 6.51. The van der Waals surface area contributed by atoms with Crippen molar-refractivity contribution in [3.63, 3.8) is 0 Å². The minimum atomic E-state index is -0.924. The summed E-state index contributed by atoms with van der Waals surface area (Å²) in [7, 11) is 0. The van der Waals surface area contributed by atoms with Crippen molar-refractivity contribution in [3.8, 4) is 0 Å². The van der Waals surface area contributed by atoms with Crippen LogP contribution < -0.4 is 11.5 Å². The number of aliphatic imine (C=N–C) groups is 1. The molecule has 0 aliphatic carbocycles. The highest BCUT2D eigenvalue weighted by molar-refractivity contribution is 5.85. The number of rotatable bonds is 10. The van der Waals surface area contributed by atoms with Crippen molar-refractivity contribution < 1.29 is 9.90 Å². The van der Waals surface area contributed by atoms with Gasteiger partial charge in [-0.1, -0.05) is 25.5 Å². The molecule has 0 saturated carbocycles. The summed E-state index contributed by atoms with van der Waals surface area (Å²) < 4.78 is 0. The van der Waals surface area contributed by atoms with Gasteiger partial charge in [-0.25, -0.2) is 4.79 Å². The van der Waals surface area contributed by atoms with Crippen LogP contribution in [0.2, 0.25) is 0 Å². The second kappa shape index (κ2) is 10.8. The minimum Gasteiger partial charge on any atom is -0.480 e. The molecule has 0 spiro atoms. The number of aliphatic carboxylic acids is 1. The van der Waals surface area contributed by atoms with Gasteiger partial charge in [0.1, 0.15) is 6.04 Å². The zero-order valence-corrected chi connectivity index (χ0v) is 11.1. The van der Waals surface area contributed by atoms with Gasteiger partial charge < -0.3 is 16.6 Å². The summed E-state index contributed by atoms with van der Waals surface area (Å²) in [4.78, 5) is 15.0. The van der Waals surface area contributed by atoms with Gasteiger partial charge in [0.15, 0.2) is 0 Å². The summed E-state index contributed by atoms with van der Waals surface area (Å²) in [5.74, 6) is -0.546. The monoisotopic (exact) mass is 255 g/mol. The fourth-order valence-electron chi connectivity index (χ4n) is 1.47. The molecule has 0 aliphatic rings. The number of carboxylic acids is 1. The SMILES string of the molecule is CCCC=CCC(N)=N[C@@H](CCCCN)C(=O)O. The molecule has 0 saturated heterocycles. The number of nitrogens with two attached hydrogens (primary N) is 2. The summed E-state index contributed by atoms with van der Waals surface area (Å²) in [5, 5.41) is 9.02. The molecule has 0 aromatic rings. The normalized spacial score (nSPS) is 14.0. The summed E-state index contributed by atoms with van der Waals surface area (Å²) in [6.07, 6.45) is 8.64. The number of unbranched alkanes of at least 4 members (excludes halogenated alkanes) is 2. The van der Waals surface area contributed by atoms with Gasteiger partial charge in [-0.15, -0.1) is 0 Å². The minimum absolute atomic E-state index is 0.377. The quantitative estimate of drug-likeness (QED) is 0.239. The summed E-state index contributed by atoms with van der Waals surface area (Å²) in [6.45, 7) is 2.67. The molecule has 5 N–H and O–H groups in total. The van der Waals surface area contributed by atoms with E-state index in [-0.39, 0.29) is 0 Å². The number of hydrogen-bond donors (Lipinski definition) is 3. The van der Waals surface area contributed by atoms with E-state index in [0.717, 1.165) is 25.7 Å². The van der Waals surface area contributed by atoms with Gasteiger partial charge in [0.05, 0.1) is 5.84 Å². The molecule has 5 nitrogen and oxygen atoms in total. The molecule has 0 radical (unpaired) electrons. The third-order valence-corrected chi connectivity index (χ3v) is 2.49. The predicted octanol–water partition coefficient (Wildman–Crippen LogP) is 1.67. The van der Waals surface area contributed by atoms with Crippen LogP contribution in [-0.4, -0.2) is 29.5 Å². The van der Waals surface area contributed by atoms with Crippen LogP contribution in [0, 0.1) is 0 Å². The molecule has 0 heterocycles. The van der Waals surface area contributed by atoms with Crippen molar-refractivity contribution in [1.82, 2.24) is 0 Å². The number of allylic oxidation sites excluding steroid dienone is 1. The maximum Gasteiger partial charge on any atom is 0.328 e. The Morgan fingerprint density at radius 2 is 2.11 bits per heavy atom. The second-order valence-electron chi connectivity index (χ2n) is 4.22. The highest BCUT2D eigenvalue weighted by Gasteiger charge is 2.15. The third-order valence-electron chi connectivity index (χ3n) is 2.49. The molecule has 0 aromatic carbocycles. The fourth-order valence-corrected chi connectivity index (χ4v) is 1.47. The van der Waals surface area contributed by atoms with Gasteiger partial charge in [-0.2, -0.15) is 0 Å². The van der Waals surface area contributed by atoms with Crippen LogP contribution in [0.15, 0.2) is 17.1 Å². The van der Waals surface area contributed by atoms with Gasteiger partial charge >= 0.3 is 5.97 Å². The lowest BCUT2D eigenvalue weighted by atomic mass is 10.1. The molecule has 0 rings (SSSR count). The number of carbonyl (C=O) groups is 1. The summed E-state index contributed by atoms with van der Waals surface area (Å²) in [6, 6.07) is -0.740. The zero-order valence-electron chi connectivity index (χ0n) is 11.1. The maximum atomic E-state index is 11.0. The van der Waals surface area contributed by atoms with Crippen LogP contribution in [0.3, 0.4) is 0 Å². The topological polar surface area (TPSA) is 102 Å². The first-order valence-electron chi connectivity index (χ1n) is 6.51. The number of carboxylic acid groups (broad SMARTS) is 1. The van der Waals surface area contributed by atoms with Crippen molar-refractivity contribution >= 4 is 11.8 Å². The van der Waals surface area contributed by atoms with Gasteiger partial charge in [0.25, 0.3) is 0 Å². The maximum absolute atomic E-state index is 11.0. The van der Waals surface area contributed by atoms with Gasteiger partial charge in [-0.05, 0) is 32.2 Å². The Labute approximate surface area is 109 Å². The van der Waals surface area contributed by atoms with E-state index in [1.54, 1.807) is 0 Å². The Morgan fingerprint density at radius 1 is 1.39 bits per heavy atom. The molecule has 104 valence electrons. The Balaban J connectivity index is 4.21. The lowest BCUT2D eigenvalue weighted by molar-refractivity contribution is -0.138. The first-order chi connectivity index (χ1) is 8.61. The van der Waals surface area contributed by atoms with Crippen molar-refractivity contribution in [2.75, 3.05) is 6.54 Å². The molecule has 18 heavy (non-hydrogen) atoms. The van der Waals surface area contributed by atoms with E-state index in [1.165, 1.54) is 0 Å². The Morgan fingerprint density at radius 3 is 2.67 bits per heavy atom. The van der Waals surface area contributed by atoms with Crippen LogP contribution >= 0.6 is 0 Å². The Bertz CT molecular complexity index is 288. The smallest absolute Gasteiger partial charge is 0.328 e. The van der Waals surface area contributed by atoms with Crippen LogP contribution in [0.4, 0.5) is 0 Å². The molecule has 5 heteroatoms. The second-order valence-corrected chi connectivity index (χ2v) is 4.22. The van der Waals surface area contributed by atoms with Crippen LogP contribution in [0.25, 0.3) is 0 Å². The third kappa shape index (κ3) is 8.75. The number of nitrogens with zero attached hydrogens (tertiary/aromatic N) is 1. The first kappa shape index (κ1) is 16.6. The molecule has 0 bridgehead atoms. The van der Waals surface area contributed by atoms with E-state index >= 15 is 0 Å². The van der Waals surface area contributed by atoms with Gasteiger partial charge in [-0.3, -0.25) is 4.99 Å². The molecule has 1 atom stereocenters. The molecule has 0 amide bonds. The number of amidine groups is 1. The highest BCUT2D eigenvalue weighted by Crippen LogP contribution is 2.05. The molecule has 0 aliphatic heterocycles. The van der Waals surface area contributed by atoms with Crippen LogP contribution in [0.5, 0.6) is 0 Å². The van der Waals surface area contributed by atoms with Crippen molar-refractivity contribution in [3.05, 3.63) is 12.2 Å². The molecule has 0 unspecified atom stereocenters. The molecule has 0 fully saturated rings. The van der Waals surface area contributed by atoms with E-state index in [4.69, 9.17) is 16.6 Å².